The van der Waals surface area contributed by atoms with Crippen LogP contribution in [0.3, 0.4) is 0 Å². The number of hydrogen-bond acceptors (Lipinski definition) is 6. The highest BCUT2D eigenvalue weighted by atomic mass is 35.5. The number of aromatic hydroxyl groups is 1. The van der Waals surface area contributed by atoms with E-state index in [-0.39, 0.29) is 29.0 Å². The van der Waals surface area contributed by atoms with Gasteiger partial charge >= 0.3 is 0 Å². The second-order valence-corrected chi connectivity index (χ2v) is 8.90. The van der Waals surface area contributed by atoms with E-state index in [2.05, 4.69) is 4.98 Å². The monoisotopic (exact) mass is 505 g/mol. The molecule has 4 aromatic rings. The Hall–Kier alpha value is -4.21. The highest BCUT2D eigenvalue weighted by Gasteiger charge is 2.23. The number of nitro benzene ring substituents is 1. The van der Waals surface area contributed by atoms with Gasteiger partial charge in [0.15, 0.2) is 5.88 Å². The molecule has 1 aromatic heterocycles. The number of rotatable bonds is 7. The Labute approximate surface area is 212 Å². The molecule has 0 spiro atoms. The number of carbonyl (C=O) groups excluding carboxylic acids is 1. The number of H-pyrrole nitrogens is 1. The highest BCUT2D eigenvalue weighted by molar-refractivity contribution is 6.34. The number of amides is 1. The molecule has 0 saturated heterocycles. The maximum absolute atomic E-state index is 12.4. The average Bonchev–Trinajstić information content (AvgIpc) is 3.16. The fraction of sp³-hybridized carbons (Fsp3) is 0.154. The molecule has 0 radical (unpaired) electrons. The second-order valence-electron chi connectivity index (χ2n) is 8.49. The van der Waals surface area contributed by atoms with E-state index in [1.807, 2.05) is 44.4 Å². The lowest BCUT2D eigenvalue weighted by Gasteiger charge is -2.19. The van der Waals surface area contributed by atoms with Crippen LogP contribution in [0.25, 0.3) is 10.9 Å². The zero-order chi connectivity index (χ0) is 26.0. The summed E-state index contributed by atoms with van der Waals surface area (Å²) < 4.78 is 0. The zero-order valence-electron chi connectivity index (χ0n) is 19.9. The minimum absolute atomic E-state index is 0.0398. The van der Waals surface area contributed by atoms with Gasteiger partial charge in [0.2, 0.25) is 5.91 Å². The molecule has 1 heterocycles. The molecule has 1 amide bonds. The number of aromatic nitrogens is 1. The summed E-state index contributed by atoms with van der Waals surface area (Å²) in [5.41, 5.74) is 2.89. The first-order valence-corrected chi connectivity index (χ1v) is 11.4. The Morgan fingerprint density at radius 3 is 2.36 bits per heavy atom. The minimum Gasteiger partial charge on any atom is -0.494 e. The Morgan fingerprint density at radius 2 is 1.75 bits per heavy atom. The molecule has 0 saturated carbocycles. The van der Waals surface area contributed by atoms with E-state index in [1.54, 1.807) is 41.1 Å². The smallest absolute Gasteiger partial charge is 0.288 e. The molecule has 36 heavy (non-hydrogen) atoms. The maximum atomic E-state index is 12.4. The molecule has 9 nitrogen and oxygen atoms in total. The summed E-state index contributed by atoms with van der Waals surface area (Å²) in [5.74, 6) is -0.236. The van der Waals surface area contributed by atoms with Crippen LogP contribution in [0.2, 0.25) is 5.02 Å². The van der Waals surface area contributed by atoms with Gasteiger partial charge in [-0.2, -0.15) is 0 Å². The molecule has 0 bridgehead atoms. The largest absolute Gasteiger partial charge is 0.494 e. The van der Waals surface area contributed by atoms with Gasteiger partial charge in [-0.1, -0.05) is 41.9 Å². The summed E-state index contributed by atoms with van der Waals surface area (Å²) in [6.45, 7) is 0.282. The van der Waals surface area contributed by atoms with Crippen molar-refractivity contribution in [3.8, 4) is 5.88 Å². The number of aromatic amines is 1. The number of anilines is 1. The van der Waals surface area contributed by atoms with Crippen LogP contribution in [-0.2, 0) is 4.79 Å². The van der Waals surface area contributed by atoms with Crippen molar-refractivity contribution >= 4 is 51.2 Å². The fourth-order valence-corrected chi connectivity index (χ4v) is 4.06. The average molecular weight is 506 g/mol. The number of aliphatic imine (C=N–C) groups is 1. The van der Waals surface area contributed by atoms with E-state index in [9.17, 15) is 20.0 Å². The van der Waals surface area contributed by atoms with Crippen LogP contribution in [0.15, 0.2) is 71.7 Å². The summed E-state index contributed by atoms with van der Waals surface area (Å²) in [6, 6.07) is 19.1. The SMILES string of the molecule is CN(C)CC(=O)N(C)c1ccc(N=C(c2ccccc2)c2c(O)[nH]c3cc(Cl)c([N+](=O)[O-])cc23)cc1. The maximum Gasteiger partial charge on any atom is 0.288 e. The van der Waals surface area contributed by atoms with E-state index in [1.165, 1.54) is 12.1 Å². The number of nitrogens with one attached hydrogen (secondary N) is 1. The first-order valence-electron chi connectivity index (χ1n) is 11.0. The van der Waals surface area contributed by atoms with Gasteiger partial charge in [0, 0.05) is 29.8 Å². The number of fused-ring (bicyclic) bond motifs is 1. The zero-order valence-corrected chi connectivity index (χ0v) is 20.7. The lowest BCUT2D eigenvalue weighted by atomic mass is 10.0. The van der Waals surface area contributed by atoms with E-state index >= 15 is 0 Å². The number of nitrogens with zero attached hydrogens (tertiary/aromatic N) is 4. The van der Waals surface area contributed by atoms with E-state index in [0.717, 1.165) is 0 Å². The van der Waals surface area contributed by atoms with Crippen molar-refractivity contribution in [2.24, 2.45) is 4.99 Å². The number of nitro groups is 1. The van der Waals surface area contributed by atoms with Crippen LogP contribution in [0, 0.1) is 10.1 Å². The quantitative estimate of drug-likeness (QED) is 0.205. The van der Waals surface area contributed by atoms with E-state index in [4.69, 9.17) is 16.6 Å². The molecule has 0 aliphatic rings. The van der Waals surface area contributed by atoms with Gasteiger partial charge < -0.3 is 19.9 Å². The molecular weight excluding hydrogens is 482 g/mol. The molecule has 0 unspecified atom stereocenters. The van der Waals surface area contributed by atoms with Gasteiger partial charge in [0.1, 0.15) is 5.02 Å². The van der Waals surface area contributed by atoms with Crippen molar-refractivity contribution in [1.29, 1.82) is 0 Å². The van der Waals surface area contributed by atoms with E-state index in [0.29, 0.717) is 39.1 Å². The normalized spacial score (nSPS) is 11.8. The van der Waals surface area contributed by atoms with Crippen molar-refractivity contribution in [3.05, 3.63) is 93.0 Å². The summed E-state index contributed by atoms with van der Waals surface area (Å²) in [7, 11) is 5.37. The molecule has 0 fully saturated rings. The summed E-state index contributed by atoms with van der Waals surface area (Å²) >= 11 is 6.07. The number of hydrogen-bond donors (Lipinski definition) is 2. The van der Waals surface area contributed by atoms with Crippen molar-refractivity contribution in [1.82, 2.24) is 9.88 Å². The third-order valence-corrected chi connectivity index (χ3v) is 5.93. The topological polar surface area (TPSA) is 115 Å². The minimum atomic E-state index is -0.568. The molecule has 2 N–H and O–H groups in total. The van der Waals surface area contributed by atoms with Crippen molar-refractivity contribution in [2.75, 3.05) is 32.6 Å². The third-order valence-electron chi connectivity index (χ3n) is 5.63. The Bertz CT molecular complexity index is 1460. The van der Waals surface area contributed by atoms with Crippen LogP contribution in [-0.4, -0.2) is 59.2 Å². The van der Waals surface area contributed by atoms with Gasteiger partial charge in [0.05, 0.1) is 33.9 Å². The van der Waals surface area contributed by atoms with Gasteiger partial charge in [-0.3, -0.25) is 14.9 Å². The van der Waals surface area contributed by atoms with Gasteiger partial charge in [-0.05, 0) is 44.4 Å². The van der Waals surface area contributed by atoms with Crippen molar-refractivity contribution < 1.29 is 14.8 Å². The predicted octanol–water partition coefficient (Wildman–Crippen LogP) is 5.13. The highest BCUT2D eigenvalue weighted by Crippen LogP contribution is 2.37. The first kappa shape index (κ1) is 24.9. The first-order chi connectivity index (χ1) is 17.2. The lowest BCUT2D eigenvalue weighted by molar-refractivity contribution is -0.384. The standard InChI is InChI=1S/C26H24ClN5O4/c1-30(2)15-23(33)31(3)18-11-9-17(10-12-18)28-25(16-7-5-4-6-8-16)24-19-13-22(32(35)36)20(27)14-21(19)29-26(24)34/h4-14,29,34H,15H2,1-3H3. The number of halogens is 1. The molecular formula is C26H24ClN5O4. The van der Waals surface area contributed by atoms with Gasteiger partial charge in [-0.15, -0.1) is 0 Å². The summed E-state index contributed by atoms with van der Waals surface area (Å²) in [6.07, 6.45) is 0. The van der Waals surface area contributed by atoms with Crippen LogP contribution >= 0.6 is 11.6 Å². The second kappa shape index (κ2) is 10.2. The number of likely N-dealkylation sites (N-methyl/N-ethyl adjacent to an activating group) is 2. The van der Waals surface area contributed by atoms with Gasteiger partial charge in [-0.25, -0.2) is 4.99 Å². The van der Waals surface area contributed by atoms with Crippen LogP contribution in [0.1, 0.15) is 11.1 Å². The molecule has 0 aliphatic heterocycles. The van der Waals surface area contributed by atoms with Crippen LogP contribution < -0.4 is 4.90 Å². The summed E-state index contributed by atoms with van der Waals surface area (Å²) in [5, 5.41) is 22.7. The number of carbonyl (C=O) groups is 1. The molecule has 4 rings (SSSR count). The Kier molecular flexibility index (Phi) is 7.05. The van der Waals surface area contributed by atoms with E-state index < -0.39 is 4.92 Å². The lowest BCUT2D eigenvalue weighted by Crippen LogP contribution is -2.34. The molecule has 0 atom stereocenters. The van der Waals surface area contributed by atoms with Crippen molar-refractivity contribution in [3.63, 3.8) is 0 Å². The third kappa shape index (κ3) is 5.07. The number of benzene rings is 3. The molecule has 184 valence electrons. The molecule has 0 aliphatic carbocycles. The van der Waals surface area contributed by atoms with Crippen LogP contribution in [0.5, 0.6) is 5.88 Å². The predicted molar refractivity (Wildman–Crippen MR) is 142 cm³/mol. The van der Waals surface area contributed by atoms with Crippen molar-refractivity contribution in [2.45, 2.75) is 0 Å². The van der Waals surface area contributed by atoms with Crippen LogP contribution in [0.4, 0.5) is 17.1 Å². The van der Waals surface area contributed by atoms with Gasteiger partial charge in [0.25, 0.3) is 5.69 Å². The molecule has 3 aromatic carbocycles. The Balaban J connectivity index is 1.83. The summed E-state index contributed by atoms with van der Waals surface area (Å²) in [4.78, 5) is 34.3. The Morgan fingerprint density at radius 1 is 1.08 bits per heavy atom. The molecule has 10 heteroatoms. The fourth-order valence-electron chi connectivity index (χ4n) is 3.83.